The molecule has 2 bridgehead atoms. The number of fused-ring (bicyclic) bond motifs is 2. The molecule has 0 radical (unpaired) electrons. The van der Waals surface area contributed by atoms with E-state index in [-0.39, 0.29) is 75.9 Å². The summed E-state index contributed by atoms with van der Waals surface area (Å²) in [5.74, 6) is -6.95. The fourth-order valence-electron chi connectivity index (χ4n) is 4.78. The van der Waals surface area contributed by atoms with Crippen LogP contribution in [0.2, 0.25) is 0 Å². The maximum atomic E-state index is 13.1. The third-order valence-corrected chi connectivity index (χ3v) is 6.90. The first-order valence-electron chi connectivity index (χ1n) is 13.6. The molecule has 238 valence electrons. The number of aromatic nitrogens is 1. The molecule has 1 aromatic heterocycles. The molecule has 2 atom stereocenters. The minimum Gasteiger partial charge on any atom is -0.481 e. The number of carboxylic acid groups (broad SMARTS) is 4. The van der Waals surface area contributed by atoms with Crippen LogP contribution in [0.3, 0.4) is 0 Å². The minimum absolute atomic E-state index is 0.0437. The summed E-state index contributed by atoms with van der Waals surface area (Å²) in [6, 6.07) is -0.135. The summed E-state index contributed by atoms with van der Waals surface area (Å²) < 4.78 is 5.57. The molecule has 2 aliphatic rings. The Morgan fingerprint density at radius 2 is 1.30 bits per heavy atom. The van der Waals surface area contributed by atoms with E-state index >= 15 is 0 Å². The topological polar surface area (TPSA) is 244 Å². The van der Waals surface area contributed by atoms with Gasteiger partial charge in [-0.05, 0) is 18.6 Å². The van der Waals surface area contributed by atoms with Crippen LogP contribution >= 0.6 is 0 Å². The highest BCUT2D eigenvalue weighted by Gasteiger charge is 2.31. The molecule has 2 aliphatic heterocycles. The summed E-state index contributed by atoms with van der Waals surface area (Å²) >= 11 is 0. The zero-order valence-electron chi connectivity index (χ0n) is 23.6. The number of carbonyl (C=O) groups excluding carboxylic acids is 3. The molecule has 3 amide bonds. The van der Waals surface area contributed by atoms with Crippen molar-refractivity contribution in [1.29, 1.82) is 0 Å². The van der Waals surface area contributed by atoms with Crippen LogP contribution in [0.4, 0.5) is 0 Å². The van der Waals surface area contributed by atoms with Gasteiger partial charge < -0.3 is 30.5 Å². The van der Waals surface area contributed by atoms with Gasteiger partial charge in [0.05, 0.1) is 37.4 Å². The van der Waals surface area contributed by atoms with Crippen molar-refractivity contribution in [2.24, 2.45) is 0 Å². The van der Waals surface area contributed by atoms with Crippen molar-refractivity contribution < 1.29 is 58.7 Å². The number of nitrogens with zero attached hydrogens (tertiary/aromatic N) is 4. The van der Waals surface area contributed by atoms with Gasteiger partial charge in [0.1, 0.15) is 12.1 Å². The lowest BCUT2D eigenvalue weighted by Crippen LogP contribution is -2.46. The molecule has 3 rings (SSSR count). The molecule has 3 heterocycles. The Morgan fingerprint density at radius 1 is 0.818 bits per heavy atom. The number of imide groups is 1. The summed E-state index contributed by atoms with van der Waals surface area (Å²) in [6.07, 6.45) is 1.11. The van der Waals surface area contributed by atoms with E-state index in [0.717, 1.165) is 17.1 Å². The molecule has 0 aromatic carbocycles. The predicted molar refractivity (Wildman–Crippen MR) is 146 cm³/mol. The van der Waals surface area contributed by atoms with Gasteiger partial charge in [0.2, 0.25) is 0 Å². The molecule has 0 saturated heterocycles. The number of aliphatic carboxylic acids is 4. The summed E-state index contributed by atoms with van der Waals surface area (Å²) in [5.41, 5.74) is 0.423. The second-order valence-corrected chi connectivity index (χ2v) is 10.1. The Balaban J connectivity index is 1.90. The number of carbonyl (C=O) groups is 7. The molecule has 0 spiro atoms. The molecular formula is C27H33N5O12. The standard InChI is InChI=1S/C27H33N5O12/c33-21-2-3-22(34)32(21)5-1-4-28-25(39)16-10-17-14-30(19(26(40)41)12-23(35)36)6-8-44-9-7-31(15-18(11-16)29-17)20(27(42)43)13-24(37)38/h2-3,10-11,19-20H,1,4-9,12-15H2,(H,28,39)(H,35,36)(H,37,38)(H,40,41)(H,42,43). The molecule has 17 heteroatoms. The van der Waals surface area contributed by atoms with Gasteiger partial charge in [-0.3, -0.25) is 53.2 Å². The van der Waals surface area contributed by atoms with Gasteiger partial charge >= 0.3 is 23.9 Å². The van der Waals surface area contributed by atoms with Crippen molar-refractivity contribution in [2.45, 2.75) is 44.4 Å². The Bertz CT molecular complexity index is 1250. The van der Waals surface area contributed by atoms with Gasteiger partial charge in [-0.15, -0.1) is 0 Å². The van der Waals surface area contributed by atoms with E-state index in [1.165, 1.54) is 21.9 Å². The largest absolute Gasteiger partial charge is 0.481 e. The van der Waals surface area contributed by atoms with E-state index in [0.29, 0.717) is 0 Å². The number of hydrogen-bond acceptors (Lipinski definition) is 11. The van der Waals surface area contributed by atoms with E-state index in [4.69, 9.17) is 4.74 Å². The fourth-order valence-corrected chi connectivity index (χ4v) is 4.78. The van der Waals surface area contributed by atoms with Crippen LogP contribution in [-0.4, -0.2) is 133 Å². The van der Waals surface area contributed by atoms with Crippen molar-refractivity contribution in [3.63, 3.8) is 0 Å². The average molecular weight is 620 g/mol. The summed E-state index contributed by atoms with van der Waals surface area (Å²) in [5, 5.41) is 40.7. The number of ether oxygens (including phenoxy) is 1. The molecule has 17 nitrogen and oxygen atoms in total. The van der Waals surface area contributed by atoms with Crippen LogP contribution in [0.1, 0.15) is 41.0 Å². The van der Waals surface area contributed by atoms with Crippen LogP contribution in [0.15, 0.2) is 24.3 Å². The second-order valence-electron chi connectivity index (χ2n) is 10.1. The molecule has 2 unspecified atom stereocenters. The predicted octanol–water partition coefficient (Wildman–Crippen LogP) is -1.38. The lowest BCUT2D eigenvalue weighted by molar-refractivity contribution is -0.151. The molecule has 0 fully saturated rings. The molecule has 0 aliphatic carbocycles. The van der Waals surface area contributed by atoms with Crippen LogP contribution in [0, 0.1) is 0 Å². The number of nitrogens with one attached hydrogen (secondary N) is 1. The number of carboxylic acids is 4. The van der Waals surface area contributed by atoms with Crippen molar-refractivity contribution in [3.05, 3.63) is 41.2 Å². The molecule has 1 aromatic rings. The monoisotopic (exact) mass is 619 g/mol. The van der Waals surface area contributed by atoms with Crippen molar-refractivity contribution in [1.82, 2.24) is 25.0 Å². The summed E-state index contributed by atoms with van der Waals surface area (Å²) in [4.78, 5) is 91.5. The highest BCUT2D eigenvalue weighted by molar-refractivity contribution is 6.12. The first-order chi connectivity index (χ1) is 20.8. The van der Waals surface area contributed by atoms with E-state index in [1.807, 2.05) is 0 Å². The van der Waals surface area contributed by atoms with Gasteiger partial charge in [-0.2, -0.15) is 0 Å². The highest BCUT2D eigenvalue weighted by Crippen LogP contribution is 2.18. The van der Waals surface area contributed by atoms with Crippen LogP contribution in [0.25, 0.3) is 0 Å². The van der Waals surface area contributed by atoms with Crippen molar-refractivity contribution in [3.8, 4) is 0 Å². The third-order valence-electron chi connectivity index (χ3n) is 6.90. The van der Waals surface area contributed by atoms with Crippen molar-refractivity contribution in [2.75, 3.05) is 39.4 Å². The lowest BCUT2D eigenvalue weighted by Gasteiger charge is -2.31. The number of hydrogen-bond donors (Lipinski definition) is 5. The minimum atomic E-state index is -1.45. The van der Waals surface area contributed by atoms with E-state index in [9.17, 15) is 54.0 Å². The maximum Gasteiger partial charge on any atom is 0.321 e. The van der Waals surface area contributed by atoms with Gasteiger partial charge in [0.15, 0.2) is 0 Å². The van der Waals surface area contributed by atoms with Crippen LogP contribution in [0.5, 0.6) is 0 Å². The van der Waals surface area contributed by atoms with Crippen LogP contribution < -0.4 is 5.32 Å². The lowest BCUT2D eigenvalue weighted by atomic mass is 10.1. The first kappa shape index (κ1) is 33.8. The fraction of sp³-hybridized carbons (Fsp3) is 0.481. The Labute approximate surface area is 250 Å². The maximum absolute atomic E-state index is 13.1. The summed E-state index contributed by atoms with van der Waals surface area (Å²) in [6.45, 7) is -0.453. The van der Waals surface area contributed by atoms with E-state index in [2.05, 4.69) is 10.3 Å². The van der Waals surface area contributed by atoms with E-state index < -0.39 is 66.5 Å². The SMILES string of the molecule is O=C(O)CC(C(=O)O)N1CCOCCN(C(CC(=O)O)C(=O)O)Cc2cc(C(=O)NCCCN3C(=O)C=CC3=O)cc(n2)C1. The van der Waals surface area contributed by atoms with Gasteiger partial charge in [-0.1, -0.05) is 0 Å². The average Bonchev–Trinajstić information content (AvgIpc) is 3.26. The Morgan fingerprint density at radius 3 is 1.73 bits per heavy atom. The summed E-state index contributed by atoms with van der Waals surface area (Å²) in [7, 11) is 0. The van der Waals surface area contributed by atoms with E-state index in [1.54, 1.807) is 0 Å². The third kappa shape index (κ3) is 9.65. The smallest absolute Gasteiger partial charge is 0.321 e. The van der Waals surface area contributed by atoms with Gasteiger partial charge in [-0.25, -0.2) is 0 Å². The molecule has 5 N–H and O–H groups in total. The zero-order valence-corrected chi connectivity index (χ0v) is 23.6. The van der Waals surface area contributed by atoms with Gasteiger partial charge in [0, 0.05) is 57.0 Å². The van der Waals surface area contributed by atoms with Crippen LogP contribution in [-0.2, 0) is 46.6 Å². The normalized spacial score (nSPS) is 17.8. The molecule has 44 heavy (non-hydrogen) atoms. The number of amides is 3. The van der Waals surface area contributed by atoms with Crippen molar-refractivity contribution >= 4 is 41.6 Å². The first-order valence-corrected chi connectivity index (χ1v) is 13.6. The second kappa shape index (κ2) is 15.6. The quantitative estimate of drug-likeness (QED) is 0.126. The molecular weight excluding hydrogens is 586 g/mol. The number of rotatable bonds is 13. The van der Waals surface area contributed by atoms with Gasteiger partial charge in [0.25, 0.3) is 17.7 Å². The number of pyridine rings is 1. The Hall–Kier alpha value is -4.74. The zero-order chi connectivity index (χ0) is 32.4. The highest BCUT2D eigenvalue weighted by atomic mass is 16.5. The Kier molecular flexibility index (Phi) is 12.0. The molecule has 0 saturated carbocycles.